The van der Waals surface area contributed by atoms with Crippen molar-refractivity contribution in [2.24, 2.45) is 0 Å². The van der Waals surface area contributed by atoms with E-state index in [-0.39, 0.29) is 6.42 Å². The molecule has 0 spiro atoms. The number of hydrogen-bond donors (Lipinski definition) is 1. The molecule has 0 fully saturated rings. The Morgan fingerprint density at radius 2 is 1.61 bits per heavy atom. The summed E-state index contributed by atoms with van der Waals surface area (Å²) in [5, 5.41) is 2.29. The third kappa shape index (κ3) is 5.51. The second-order valence-electron chi connectivity index (χ2n) is 5.92. The van der Waals surface area contributed by atoms with Gasteiger partial charge in [-0.05, 0) is 29.8 Å². The van der Waals surface area contributed by atoms with E-state index in [0.717, 1.165) is 37.4 Å². The Balaban J connectivity index is 2.11. The number of halogens is 5. The molecule has 0 aromatic heterocycles. The third-order valence-electron chi connectivity index (χ3n) is 3.94. The van der Waals surface area contributed by atoms with Crippen molar-refractivity contribution in [3.63, 3.8) is 0 Å². The predicted octanol–water partition coefficient (Wildman–Crippen LogP) is 3.43. The Bertz CT molecular complexity index is 829. The molecular weight excluding hydrogens is 385 g/mol. The molecule has 1 N–H and O–H groups in total. The van der Waals surface area contributed by atoms with E-state index in [9.17, 15) is 31.5 Å². The first kappa shape index (κ1) is 21.3. The highest BCUT2D eigenvalue weighted by atomic mass is 19.4. The summed E-state index contributed by atoms with van der Waals surface area (Å²) >= 11 is 0. The molecule has 0 aliphatic heterocycles. The Hall–Kier alpha value is -2.97. The molecule has 0 saturated heterocycles. The molecule has 0 radical (unpaired) electrons. The molecule has 150 valence electrons. The van der Waals surface area contributed by atoms with Crippen LogP contribution in [0.25, 0.3) is 0 Å². The van der Waals surface area contributed by atoms with Gasteiger partial charge in [0.2, 0.25) is 5.91 Å². The first-order valence-corrected chi connectivity index (χ1v) is 8.08. The maximum Gasteiger partial charge on any atom is 0.416 e. The first-order valence-electron chi connectivity index (χ1n) is 8.08. The highest BCUT2D eigenvalue weighted by Gasteiger charge is 2.30. The second-order valence-corrected chi connectivity index (χ2v) is 5.92. The van der Waals surface area contributed by atoms with Gasteiger partial charge in [0.15, 0.2) is 0 Å². The lowest BCUT2D eigenvalue weighted by atomic mass is 10.0. The fourth-order valence-corrected chi connectivity index (χ4v) is 2.51. The number of amides is 1. The van der Waals surface area contributed by atoms with Gasteiger partial charge in [0.25, 0.3) is 0 Å². The van der Waals surface area contributed by atoms with Gasteiger partial charge < -0.3 is 10.1 Å². The van der Waals surface area contributed by atoms with E-state index in [1.807, 2.05) is 0 Å². The van der Waals surface area contributed by atoms with Gasteiger partial charge in [-0.3, -0.25) is 4.79 Å². The normalized spacial score (nSPS) is 12.4. The maximum atomic E-state index is 13.7. The van der Waals surface area contributed by atoms with Gasteiger partial charge in [-0.1, -0.05) is 18.2 Å². The van der Waals surface area contributed by atoms with Gasteiger partial charge >= 0.3 is 12.1 Å². The van der Waals surface area contributed by atoms with Crippen molar-refractivity contribution in [3.8, 4) is 0 Å². The molecule has 0 aliphatic carbocycles. The Morgan fingerprint density at radius 1 is 1.04 bits per heavy atom. The number of hydrogen-bond acceptors (Lipinski definition) is 3. The van der Waals surface area contributed by atoms with Crippen LogP contribution in [0.3, 0.4) is 0 Å². The number of alkyl halides is 3. The van der Waals surface area contributed by atoms with E-state index in [2.05, 4.69) is 10.1 Å². The van der Waals surface area contributed by atoms with Crippen LogP contribution >= 0.6 is 0 Å². The lowest BCUT2D eigenvalue weighted by Crippen LogP contribution is -2.43. The minimum Gasteiger partial charge on any atom is -0.467 e. The number of methoxy groups -OCH3 is 1. The first-order chi connectivity index (χ1) is 13.1. The molecule has 4 nitrogen and oxygen atoms in total. The lowest BCUT2D eigenvalue weighted by molar-refractivity contribution is -0.145. The van der Waals surface area contributed by atoms with Gasteiger partial charge in [0.1, 0.15) is 17.7 Å². The second kappa shape index (κ2) is 8.81. The van der Waals surface area contributed by atoms with Crippen LogP contribution in [-0.4, -0.2) is 25.0 Å². The van der Waals surface area contributed by atoms with Crippen LogP contribution in [0.2, 0.25) is 0 Å². The van der Waals surface area contributed by atoms with Crippen LogP contribution in [0.5, 0.6) is 0 Å². The van der Waals surface area contributed by atoms with Gasteiger partial charge in [-0.15, -0.1) is 0 Å². The molecule has 1 amide bonds. The number of esters is 1. The number of ether oxygens (including phenoxy) is 1. The molecule has 0 aliphatic rings. The Morgan fingerprint density at radius 3 is 2.11 bits per heavy atom. The van der Waals surface area contributed by atoms with E-state index in [1.165, 1.54) is 12.1 Å². The summed E-state index contributed by atoms with van der Waals surface area (Å²) in [6.07, 6.45) is -5.31. The van der Waals surface area contributed by atoms with E-state index in [0.29, 0.717) is 5.56 Å². The molecule has 9 heteroatoms. The van der Waals surface area contributed by atoms with Crippen LogP contribution in [0.4, 0.5) is 22.0 Å². The topological polar surface area (TPSA) is 55.4 Å². The van der Waals surface area contributed by atoms with Crippen molar-refractivity contribution in [3.05, 3.63) is 70.8 Å². The Kier molecular flexibility index (Phi) is 6.71. The van der Waals surface area contributed by atoms with Crippen molar-refractivity contribution in [2.45, 2.75) is 25.1 Å². The molecular formula is C19H16F5NO3. The standard InChI is InChI=1S/C19H16F5NO3/c1-28-18(27)16(9-11-5-7-12(8-6-11)19(22,23)24)25-17(26)10-13-14(20)3-2-4-15(13)21/h2-8,16H,9-10H2,1H3,(H,25,26)/t16-/m0/s1. The smallest absolute Gasteiger partial charge is 0.416 e. The summed E-state index contributed by atoms with van der Waals surface area (Å²) in [5.41, 5.74) is -0.983. The average molecular weight is 401 g/mol. The van der Waals surface area contributed by atoms with Crippen LogP contribution < -0.4 is 5.32 Å². The van der Waals surface area contributed by atoms with Crippen molar-refractivity contribution in [1.82, 2.24) is 5.32 Å². The summed E-state index contributed by atoms with van der Waals surface area (Å²) in [6.45, 7) is 0. The Labute approximate surface area is 157 Å². The highest BCUT2D eigenvalue weighted by molar-refractivity contribution is 5.85. The summed E-state index contributed by atoms with van der Waals surface area (Å²) in [7, 11) is 1.07. The number of carbonyl (C=O) groups excluding carboxylic acids is 2. The number of rotatable bonds is 6. The van der Waals surface area contributed by atoms with E-state index < -0.39 is 53.3 Å². The highest BCUT2D eigenvalue weighted by Crippen LogP contribution is 2.29. The third-order valence-corrected chi connectivity index (χ3v) is 3.94. The molecule has 28 heavy (non-hydrogen) atoms. The monoisotopic (exact) mass is 401 g/mol. The largest absolute Gasteiger partial charge is 0.467 e. The SMILES string of the molecule is COC(=O)[C@H](Cc1ccc(C(F)(F)F)cc1)NC(=O)Cc1c(F)cccc1F. The number of benzene rings is 2. The zero-order valence-electron chi connectivity index (χ0n) is 14.6. The van der Waals surface area contributed by atoms with E-state index >= 15 is 0 Å². The van der Waals surface area contributed by atoms with Crippen molar-refractivity contribution < 1.29 is 36.3 Å². The van der Waals surface area contributed by atoms with Crippen molar-refractivity contribution in [1.29, 1.82) is 0 Å². The molecule has 2 aromatic carbocycles. The zero-order valence-corrected chi connectivity index (χ0v) is 14.6. The summed E-state index contributed by atoms with van der Waals surface area (Å²) < 4.78 is 69.7. The summed E-state index contributed by atoms with van der Waals surface area (Å²) in [5.74, 6) is -3.51. The van der Waals surface area contributed by atoms with E-state index in [1.54, 1.807) is 0 Å². The minimum atomic E-state index is -4.50. The summed E-state index contributed by atoms with van der Waals surface area (Å²) in [4.78, 5) is 24.0. The van der Waals surface area contributed by atoms with Gasteiger partial charge in [-0.25, -0.2) is 13.6 Å². The predicted molar refractivity (Wildman–Crippen MR) is 89.2 cm³/mol. The number of carbonyl (C=O) groups is 2. The van der Waals surface area contributed by atoms with Crippen LogP contribution in [0.1, 0.15) is 16.7 Å². The molecule has 0 heterocycles. The quantitative estimate of drug-likeness (QED) is 0.596. The van der Waals surface area contributed by atoms with Crippen molar-refractivity contribution in [2.75, 3.05) is 7.11 Å². The van der Waals surface area contributed by atoms with Gasteiger partial charge in [0, 0.05) is 12.0 Å². The fraction of sp³-hybridized carbons (Fsp3) is 0.263. The van der Waals surface area contributed by atoms with E-state index in [4.69, 9.17) is 0 Å². The maximum absolute atomic E-state index is 13.7. The number of nitrogens with one attached hydrogen (secondary N) is 1. The van der Waals surface area contributed by atoms with Crippen LogP contribution in [0, 0.1) is 11.6 Å². The molecule has 1 atom stereocenters. The van der Waals surface area contributed by atoms with Crippen molar-refractivity contribution >= 4 is 11.9 Å². The fourth-order valence-electron chi connectivity index (χ4n) is 2.51. The minimum absolute atomic E-state index is 0.156. The average Bonchev–Trinajstić information content (AvgIpc) is 2.63. The molecule has 0 saturated carbocycles. The lowest BCUT2D eigenvalue weighted by Gasteiger charge is -2.17. The van der Waals surface area contributed by atoms with Crippen LogP contribution in [-0.2, 0) is 33.3 Å². The summed E-state index contributed by atoms with van der Waals surface area (Å²) in [6, 6.07) is 5.93. The molecule has 2 rings (SSSR count). The zero-order chi connectivity index (χ0) is 20.9. The van der Waals surface area contributed by atoms with Gasteiger partial charge in [-0.2, -0.15) is 13.2 Å². The van der Waals surface area contributed by atoms with Crippen LogP contribution in [0.15, 0.2) is 42.5 Å². The molecule has 0 unspecified atom stereocenters. The van der Waals surface area contributed by atoms with Gasteiger partial charge in [0.05, 0.1) is 19.1 Å². The molecule has 0 bridgehead atoms. The molecule has 2 aromatic rings.